The minimum Gasteiger partial charge on any atom is -0.464 e. The van der Waals surface area contributed by atoms with Gasteiger partial charge in [-0.2, -0.15) is 0 Å². The maximum absolute atomic E-state index is 10.8. The van der Waals surface area contributed by atoms with Gasteiger partial charge >= 0.3 is 5.97 Å². The number of ether oxygens (including phenoxy) is 1. The van der Waals surface area contributed by atoms with E-state index in [9.17, 15) is 4.79 Å². The number of aliphatic hydroxyl groups is 1. The van der Waals surface area contributed by atoms with Gasteiger partial charge in [0, 0.05) is 0 Å². The van der Waals surface area contributed by atoms with Crippen LogP contribution >= 0.6 is 0 Å². The lowest BCUT2D eigenvalue weighted by atomic mass is 10.2. The van der Waals surface area contributed by atoms with Crippen LogP contribution < -0.4 is 5.73 Å². The molecule has 0 aliphatic carbocycles. The van der Waals surface area contributed by atoms with Crippen LogP contribution in [-0.4, -0.2) is 30.3 Å². The molecule has 0 saturated carbocycles. The van der Waals surface area contributed by atoms with Crippen molar-refractivity contribution in [3.63, 3.8) is 0 Å². The van der Waals surface area contributed by atoms with E-state index in [0.717, 1.165) is 0 Å². The second kappa shape index (κ2) is 5.09. The Kier molecular flexibility index (Phi) is 4.81. The smallest absolute Gasteiger partial charge is 0.325 e. The molecule has 3 N–H and O–H groups in total. The van der Waals surface area contributed by atoms with Crippen molar-refractivity contribution in [1.29, 1.82) is 0 Å². The topological polar surface area (TPSA) is 72.5 Å². The van der Waals surface area contributed by atoms with Gasteiger partial charge in [0.05, 0.1) is 13.2 Å². The quantitative estimate of drug-likeness (QED) is 0.545. The molecule has 0 spiro atoms. The van der Waals surface area contributed by atoms with E-state index in [1.807, 2.05) is 13.8 Å². The van der Waals surface area contributed by atoms with Crippen molar-refractivity contribution in [2.75, 3.05) is 13.2 Å². The summed E-state index contributed by atoms with van der Waals surface area (Å²) in [6.07, 6.45) is 0. The summed E-state index contributed by atoms with van der Waals surface area (Å²) in [5, 5.41) is 8.44. The molecule has 0 fully saturated rings. The SMILES string of the molecule is CC(C)COC(=O)[C@H](N)CO. The molecule has 11 heavy (non-hydrogen) atoms. The van der Waals surface area contributed by atoms with Gasteiger partial charge in [-0.15, -0.1) is 0 Å². The Labute approximate surface area is 66.3 Å². The molecular weight excluding hydrogens is 146 g/mol. The van der Waals surface area contributed by atoms with E-state index in [1.54, 1.807) is 0 Å². The number of hydrogen-bond acceptors (Lipinski definition) is 4. The van der Waals surface area contributed by atoms with E-state index >= 15 is 0 Å². The van der Waals surface area contributed by atoms with Gasteiger partial charge in [0.15, 0.2) is 0 Å². The molecule has 0 aromatic carbocycles. The van der Waals surface area contributed by atoms with Crippen molar-refractivity contribution >= 4 is 5.97 Å². The third-order valence-electron chi connectivity index (χ3n) is 1.06. The normalized spacial score (nSPS) is 13.2. The minimum atomic E-state index is -0.895. The Morgan fingerprint density at radius 3 is 2.55 bits per heavy atom. The Bertz CT molecular complexity index is 125. The van der Waals surface area contributed by atoms with Crippen molar-refractivity contribution in [1.82, 2.24) is 0 Å². The lowest BCUT2D eigenvalue weighted by Gasteiger charge is -2.09. The zero-order chi connectivity index (χ0) is 8.85. The van der Waals surface area contributed by atoms with Crippen molar-refractivity contribution < 1.29 is 14.6 Å². The number of esters is 1. The monoisotopic (exact) mass is 161 g/mol. The second-order valence-corrected chi connectivity index (χ2v) is 2.81. The van der Waals surface area contributed by atoms with Crippen LogP contribution in [0.2, 0.25) is 0 Å². The van der Waals surface area contributed by atoms with Crippen LogP contribution in [0.25, 0.3) is 0 Å². The standard InChI is InChI=1S/C7H15NO3/c1-5(2)4-11-7(10)6(8)3-9/h5-6,9H,3-4,8H2,1-2H3/t6-/m1/s1. The fourth-order valence-electron chi connectivity index (χ4n) is 0.430. The summed E-state index contributed by atoms with van der Waals surface area (Å²) in [7, 11) is 0. The highest BCUT2D eigenvalue weighted by molar-refractivity contribution is 5.75. The van der Waals surface area contributed by atoms with Gasteiger partial charge in [0.25, 0.3) is 0 Å². The fraction of sp³-hybridized carbons (Fsp3) is 0.857. The average Bonchev–Trinajstić information content (AvgIpc) is 1.98. The van der Waals surface area contributed by atoms with Crippen molar-refractivity contribution in [2.45, 2.75) is 19.9 Å². The molecule has 0 aromatic rings. The molecule has 0 aromatic heterocycles. The van der Waals surface area contributed by atoms with E-state index in [1.165, 1.54) is 0 Å². The molecule has 0 aliphatic heterocycles. The lowest BCUT2D eigenvalue weighted by molar-refractivity contribution is -0.147. The van der Waals surface area contributed by atoms with Gasteiger partial charge in [-0.3, -0.25) is 4.79 Å². The molecule has 0 saturated heterocycles. The first kappa shape index (κ1) is 10.4. The molecule has 0 rings (SSSR count). The molecule has 1 atom stereocenters. The Morgan fingerprint density at radius 1 is 1.64 bits per heavy atom. The number of hydrogen-bond donors (Lipinski definition) is 2. The lowest BCUT2D eigenvalue weighted by Crippen LogP contribution is -2.36. The Balaban J connectivity index is 3.52. The summed E-state index contributed by atoms with van der Waals surface area (Å²) in [5.74, 6) is -0.244. The minimum absolute atomic E-state index is 0.296. The molecule has 66 valence electrons. The summed E-state index contributed by atoms with van der Waals surface area (Å²) < 4.78 is 4.73. The van der Waals surface area contributed by atoms with E-state index in [2.05, 4.69) is 0 Å². The van der Waals surface area contributed by atoms with E-state index in [-0.39, 0.29) is 6.61 Å². The third kappa shape index (κ3) is 4.75. The Hall–Kier alpha value is -0.610. The molecule has 0 radical (unpaired) electrons. The number of aliphatic hydroxyl groups excluding tert-OH is 1. The van der Waals surface area contributed by atoms with E-state index < -0.39 is 12.0 Å². The second-order valence-electron chi connectivity index (χ2n) is 2.81. The van der Waals surface area contributed by atoms with Crippen molar-refractivity contribution in [2.24, 2.45) is 11.7 Å². The van der Waals surface area contributed by atoms with Gasteiger partial charge < -0.3 is 15.6 Å². The molecule has 0 bridgehead atoms. The molecule has 4 nitrogen and oxygen atoms in total. The fourth-order valence-corrected chi connectivity index (χ4v) is 0.430. The van der Waals surface area contributed by atoms with Gasteiger partial charge in [-0.05, 0) is 5.92 Å². The highest BCUT2D eigenvalue weighted by Gasteiger charge is 2.13. The molecule has 0 heterocycles. The van der Waals surface area contributed by atoms with Gasteiger partial charge in [0.2, 0.25) is 0 Å². The number of nitrogens with two attached hydrogens (primary N) is 1. The molecule has 4 heteroatoms. The summed E-state index contributed by atoms with van der Waals surface area (Å²) in [6.45, 7) is 3.85. The molecule has 0 amide bonds. The predicted molar refractivity (Wildman–Crippen MR) is 40.9 cm³/mol. The van der Waals surface area contributed by atoms with Gasteiger partial charge in [-0.1, -0.05) is 13.8 Å². The van der Waals surface area contributed by atoms with Crippen LogP contribution in [0.15, 0.2) is 0 Å². The zero-order valence-corrected chi connectivity index (χ0v) is 6.91. The highest BCUT2D eigenvalue weighted by Crippen LogP contribution is 1.93. The third-order valence-corrected chi connectivity index (χ3v) is 1.06. The van der Waals surface area contributed by atoms with E-state index in [4.69, 9.17) is 15.6 Å². The number of carbonyl (C=O) groups is 1. The van der Waals surface area contributed by atoms with Gasteiger partial charge in [0.1, 0.15) is 6.04 Å². The summed E-state index contributed by atoms with van der Waals surface area (Å²) >= 11 is 0. The average molecular weight is 161 g/mol. The van der Waals surface area contributed by atoms with Crippen molar-refractivity contribution in [3.05, 3.63) is 0 Å². The van der Waals surface area contributed by atoms with E-state index in [0.29, 0.717) is 12.5 Å². The largest absolute Gasteiger partial charge is 0.464 e. The number of carbonyl (C=O) groups excluding carboxylic acids is 1. The molecular formula is C7H15NO3. The van der Waals surface area contributed by atoms with Crippen LogP contribution in [0.4, 0.5) is 0 Å². The number of rotatable bonds is 4. The van der Waals surface area contributed by atoms with Crippen molar-refractivity contribution in [3.8, 4) is 0 Å². The predicted octanol–water partition coefficient (Wildman–Crippen LogP) is -0.495. The zero-order valence-electron chi connectivity index (χ0n) is 6.91. The first-order valence-corrected chi connectivity index (χ1v) is 3.61. The van der Waals surface area contributed by atoms with Gasteiger partial charge in [-0.25, -0.2) is 0 Å². The summed E-state index contributed by atoms with van der Waals surface area (Å²) in [4.78, 5) is 10.8. The maximum atomic E-state index is 10.8. The summed E-state index contributed by atoms with van der Waals surface area (Å²) in [6, 6.07) is -0.895. The van der Waals surface area contributed by atoms with Crippen LogP contribution in [0.1, 0.15) is 13.8 Å². The summed E-state index contributed by atoms with van der Waals surface area (Å²) in [5.41, 5.74) is 5.18. The maximum Gasteiger partial charge on any atom is 0.325 e. The van der Waals surface area contributed by atoms with Crippen LogP contribution in [0.3, 0.4) is 0 Å². The van der Waals surface area contributed by atoms with Crippen LogP contribution in [0.5, 0.6) is 0 Å². The van der Waals surface area contributed by atoms with Crippen LogP contribution in [0, 0.1) is 5.92 Å². The molecule has 0 unspecified atom stereocenters. The highest BCUT2D eigenvalue weighted by atomic mass is 16.5. The first-order valence-electron chi connectivity index (χ1n) is 3.61. The molecule has 0 aliphatic rings. The first-order chi connectivity index (χ1) is 5.07. The Morgan fingerprint density at radius 2 is 2.18 bits per heavy atom. The van der Waals surface area contributed by atoms with Crippen LogP contribution in [-0.2, 0) is 9.53 Å².